The molecule has 88 valence electrons. The van der Waals surface area contributed by atoms with Gasteiger partial charge in [-0.1, -0.05) is 52.8 Å². The largest absolute Gasteiger partial charge is 0.0874 e. The standard InChI is InChI=1S/C15H28/c1-8-10-13(9-2)14(11-12(3)4)15(5,6)7/h8-10,12,14H,11H2,1-7H3. The lowest BCUT2D eigenvalue weighted by atomic mass is 9.72. The van der Waals surface area contributed by atoms with Gasteiger partial charge in [0.25, 0.3) is 0 Å². The molecule has 0 rings (SSSR count). The lowest BCUT2D eigenvalue weighted by molar-refractivity contribution is 0.244. The summed E-state index contributed by atoms with van der Waals surface area (Å²) in [5.74, 6) is 1.42. The fourth-order valence-electron chi connectivity index (χ4n) is 2.07. The number of hydrogen-bond donors (Lipinski definition) is 0. The van der Waals surface area contributed by atoms with E-state index in [0.717, 1.165) is 5.92 Å². The van der Waals surface area contributed by atoms with Crippen molar-refractivity contribution in [2.45, 2.75) is 54.9 Å². The summed E-state index contributed by atoms with van der Waals surface area (Å²) in [4.78, 5) is 0. The van der Waals surface area contributed by atoms with Gasteiger partial charge in [0, 0.05) is 0 Å². The van der Waals surface area contributed by atoms with Crippen LogP contribution in [0.5, 0.6) is 0 Å². The molecule has 0 aliphatic rings. The van der Waals surface area contributed by atoms with Crippen molar-refractivity contribution in [3.8, 4) is 0 Å². The Morgan fingerprint density at radius 2 is 1.67 bits per heavy atom. The molecular weight excluding hydrogens is 180 g/mol. The van der Waals surface area contributed by atoms with Crippen LogP contribution in [0.15, 0.2) is 23.8 Å². The van der Waals surface area contributed by atoms with Crippen LogP contribution in [0.2, 0.25) is 0 Å². The van der Waals surface area contributed by atoms with Gasteiger partial charge < -0.3 is 0 Å². The Morgan fingerprint density at radius 3 is 1.93 bits per heavy atom. The van der Waals surface area contributed by atoms with E-state index in [9.17, 15) is 0 Å². The van der Waals surface area contributed by atoms with E-state index in [2.05, 4.69) is 66.7 Å². The highest BCUT2D eigenvalue weighted by molar-refractivity contribution is 5.22. The van der Waals surface area contributed by atoms with Gasteiger partial charge in [-0.05, 0) is 43.1 Å². The van der Waals surface area contributed by atoms with Gasteiger partial charge in [-0.2, -0.15) is 0 Å². The van der Waals surface area contributed by atoms with E-state index in [1.165, 1.54) is 12.0 Å². The maximum Gasteiger partial charge on any atom is -0.0114 e. The summed E-state index contributed by atoms with van der Waals surface area (Å²) in [6.07, 6.45) is 7.94. The normalized spacial score (nSPS) is 16.4. The number of hydrogen-bond acceptors (Lipinski definition) is 0. The monoisotopic (exact) mass is 208 g/mol. The van der Waals surface area contributed by atoms with E-state index in [4.69, 9.17) is 0 Å². The van der Waals surface area contributed by atoms with Crippen LogP contribution in [-0.2, 0) is 0 Å². The number of rotatable bonds is 4. The van der Waals surface area contributed by atoms with Crippen molar-refractivity contribution >= 4 is 0 Å². The molecule has 0 N–H and O–H groups in total. The molecular formula is C15H28. The van der Waals surface area contributed by atoms with E-state index in [0.29, 0.717) is 11.3 Å². The van der Waals surface area contributed by atoms with Crippen molar-refractivity contribution in [2.75, 3.05) is 0 Å². The molecule has 0 saturated carbocycles. The van der Waals surface area contributed by atoms with Gasteiger partial charge in [0.05, 0.1) is 0 Å². The Labute approximate surface area is 96.5 Å². The van der Waals surface area contributed by atoms with Crippen LogP contribution in [0.1, 0.15) is 54.9 Å². The first-order valence-electron chi connectivity index (χ1n) is 6.11. The zero-order valence-corrected chi connectivity index (χ0v) is 11.6. The Morgan fingerprint density at radius 1 is 1.13 bits per heavy atom. The molecule has 0 heterocycles. The Hall–Kier alpha value is -0.520. The molecule has 0 spiro atoms. The second kappa shape index (κ2) is 6.15. The predicted molar refractivity (Wildman–Crippen MR) is 71.0 cm³/mol. The number of allylic oxidation sites excluding steroid dienone is 4. The highest BCUT2D eigenvalue weighted by Crippen LogP contribution is 2.37. The fourth-order valence-corrected chi connectivity index (χ4v) is 2.07. The van der Waals surface area contributed by atoms with Crippen LogP contribution >= 0.6 is 0 Å². The van der Waals surface area contributed by atoms with Crippen molar-refractivity contribution in [1.29, 1.82) is 0 Å². The van der Waals surface area contributed by atoms with Crippen LogP contribution in [0.25, 0.3) is 0 Å². The van der Waals surface area contributed by atoms with Crippen molar-refractivity contribution in [1.82, 2.24) is 0 Å². The van der Waals surface area contributed by atoms with Crippen molar-refractivity contribution in [3.63, 3.8) is 0 Å². The molecule has 0 aromatic rings. The van der Waals surface area contributed by atoms with Crippen LogP contribution in [-0.4, -0.2) is 0 Å². The molecule has 0 nitrogen and oxygen atoms in total. The average Bonchev–Trinajstić information content (AvgIpc) is 2.09. The first kappa shape index (κ1) is 14.5. The van der Waals surface area contributed by atoms with E-state index in [1.54, 1.807) is 0 Å². The molecule has 0 fully saturated rings. The van der Waals surface area contributed by atoms with Gasteiger partial charge in [0.15, 0.2) is 0 Å². The Bertz CT molecular complexity index is 223. The van der Waals surface area contributed by atoms with Gasteiger partial charge in [-0.15, -0.1) is 0 Å². The molecule has 0 aliphatic carbocycles. The van der Waals surface area contributed by atoms with Gasteiger partial charge in [0.1, 0.15) is 0 Å². The zero-order chi connectivity index (χ0) is 12.1. The third-order valence-corrected chi connectivity index (χ3v) is 2.85. The van der Waals surface area contributed by atoms with Crippen molar-refractivity contribution in [2.24, 2.45) is 17.3 Å². The van der Waals surface area contributed by atoms with Gasteiger partial charge >= 0.3 is 0 Å². The van der Waals surface area contributed by atoms with E-state index in [1.807, 2.05) is 0 Å². The SMILES string of the molecule is CC=CC(=CC)C(CC(C)C)C(C)(C)C. The van der Waals surface area contributed by atoms with Crippen molar-refractivity contribution in [3.05, 3.63) is 23.8 Å². The maximum absolute atomic E-state index is 2.34. The molecule has 0 aromatic heterocycles. The lowest BCUT2D eigenvalue weighted by Gasteiger charge is -2.33. The van der Waals surface area contributed by atoms with Gasteiger partial charge in [-0.3, -0.25) is 0 Å². The second-order valence-electron chi connectivity index (χ2n) is 5.84. The fraction of sp³-hybridized carbons (Fsp3) is 0.733. The summed E-state index contributed by atoms with van der Waals surface area (Å²) in [6.45, 7) is 15.9. The predicted octanol–water partition coefficient (Wildman–Crippen LogP) is 5.22. The first-order valence-corrected chi connectivity index (χ1v) is 6.11. The molecule has 0 heteroatoms. The summed E-state index contributed by atoms with van der Waals surface area (Å²) >= 11 is 0. The Balaban J connectivity index is 4.92. The summed E-state index contributed by atoms with van der Waals surface area (Å²) in [5, 5.41) is 0. The molecule has 0 radical (unpaired) electrons. The molecule has 0 saturated heterocycles. The Kier molecular flexibility index (Phi) is 5.93. The first-order chi connectivity index (χ1) is 6.82. The summed E-state index contributed by atoms with van der Waals surface area (Å²) in [5.41, 5.74) is 1.84. The van der Waals surface area contributed by atoms with E-state index < -0.39 is 0 Å². The summed E-state index contributed by atoms with van der Waals surface area (Å²) < 4.78 is 0. The van der Waals surface area contributed by atoms with E-state index >= 15 is 0 Å². The van der Waals surface area contributed by atoms with Gasteiger partial charge in [0.2, 0.25) is 0 Å². The summed E-state index contributed by atoms with van der Waals surface area (Å²) in [6, 6.07) is 0. The molecule has 0 amide bonds. The molecule has 0 bridgehead atoms. The molecule has 0 aromatic carbocycles. The van der Waals surface area contributed by atoms with E-state index in [-0.39, 0.29) is 0 Å². The second-order valence-corrected chi connectivity index (χ2v) is 5.84. The maximum atomic E-state index is 2.34. The molecule has 1 atom stereocenters. The minimum absolute atomic E-state index is 0.353. The molecule has 1 unspecified atom stereocenters. The van der Waals surface area contributed by atoms with Gasteiger partial charge in [-0.25, -0.2) is 0 Å². The zero-order valence-electron chi connectivity index (χ0n) is 11.6. The van der Waals surface area contributed by atoms with Crippen LogP contribution in [0, 0.1) is 17.3 Å². The third-order valence-electron chi connectivity index (χ3n) is 2.85. The topological polar surface area (TPSA) is 0 Å². The van der Waals surface area contributed by atoms with Crippen LogP contribution in [0.3, 0.4) is 0 Å². The highest BCUT2D eigenvalue weighted by atomic mass is 14.3. The average molecular weight is 208 g/mol. The molecule has 15 heavy (non-hydrogen) atoms. The van der Waals surface area contributed by atoms with Crippen LogP contribution < -0.4 is 0 Å². The quantitative estimate of drug-likeness (QED) is 0.556. The minimum Gasteiger partial charge on any atom is -0.0874 e. The minimum atomic E-state index is 0.353. The third kappa shape index (κ3) is 5.20. The smallest absolute Gasteiger partial charge is 0.0114 e. The molecule has 0 aliphatic heterocycles. The lowest BCUT2D eigenvalue weighted by Crippen LogP contribution is -2.23. The van der Waals surface area contributed by atoms with Crippen LogP contribution in [0.4, 0.5) is 0 Å². The van der Waals surface area contributed by atoms with Crippen molar-refractivity contribution < 1.29 is 0 Å². The summed E-state index contributed by atoms with van der Waals surface area (Å²) in [7, 11) is 0. The highest BCUT2D eigenvalue weighted by Gasteiger charge is 2.26.